The van der Waals surface area contributed by atoms with Gasteiger partial charge in [-0.2, -0.15) is 0 Å². The van der Waals surface area contributed by atoms with Gasteiger partial charge in [0.15, 0.2) is 0 Å². The third-order valence-corrected chi connectivity index (χ3v) is 2.18. The van der Waals surface area contributed by atoms with Crippen LogP contribution in [0.4, 0.5) is 4.79 Å². The predicted molar refractivity (Wildman–Crippen MR) is 60.4 cm³/mol. The molecule has 1 aromatic heterocycles. The van der Waals surface area contributed by atoms with Crippen LogP contribution in [0.25, 0.3) is 0 Å². The second kappa shape index (κ2) is 6.57. The molecule has 0 bridgehead atoms. The third-order valence-electron chi connectivity index (χ3n) is 2.18. The summed E-state index contributed by atoms with van der Waals surface area (Å²) in [6.07, 6.45) is 2.60. The zero-order valence-corrected chi connectivity index (χ0v) is 9.60. The van der Waals surface area contributed by atoms with Gasteiger partial charge in [-0.3, -0.25) is 0 Å². The predicted octanol–water partition coefficient (Wildman–Crippen LogP) is 1.33. The molecule has 0 aliphatic carbocycles. The maximum Gasteiger partial charge on any atom is 0.326 e. The minimum Gasteiger partial charge on any atom is -0.480 e. The Kier molecular flexibility index (Phi) is 5.06. The Bertz CT molecular complexity index is 362. The minimum atomic E-state index is -1.03. The van der Waals surface area contributed by atoms with Gasteiger partial charge in [-0.1, -0.05) is 13.3 Å². The highest BCUT2D eigenvalue weighted by molar-refractivity contribution is 5.82. The van der Waals surface area contributed by atoms with Crippen LogP contribution >= 0.6 is 0 Å². The largest absolute Gasteiger partial charge is 0.480 e. The van der Waals surface area contributed by atoms with Gasteiger partial charge < -0.3 is 20.2 Å². The van der Waals surface area contributed by atoms with Crippen LogP contribution < -0.4 is 10.6 Å². The highest BCUT2D eigenvalue weighted by atomic mass is 16.4. The number of rotatable bonds is 6. The molecule has 17 heavy (non-hydrogen) atoms. The minimum absolute atomic E-state index is 0.233. The number of aliphatic carboxylic acids is 1. The van der Waals surface area contributed by atoms with Crippen LogP contribution in [0.3, 0.4) is 0 Å². The van der Waals surface area contributed by atoms with E-state index in [1.165, 1.54) is 6.26 Å². The number of carboxylic acids is 1. The molecule has 0 spiro atoms. The van der Waals surface area contributed by atoms with Crippen LogP contribution in [0.5, 0.6) is 0 Å². The van der Waals surface area contributed by atoms with E-state index in [1.54, 1.807) is 12.1 Å². The molecule has 0 saturated heterocycles. The van der Waals surface area contributed by atoms with Gasteiger partial charge in [-0.15, -0.1) is 0 Å². The number of hydrogen-bond donors (Lipinski definition) is 3. The van der Waals surface area contributed by atoms with Crippen molar-refractivity contribution in [1.29, 1.82) is 0 Å². The molecule has 1 atom stereocenters. The summed E-state index contributed by atoms with van der Waals surface area (Å²) in [6, 6.07) is 2.08. The van der Waals surface area contributed by atoms with E-state index < -0.39 is 18.0 Å². The molecular weight excluding hydrogens is 224 g/mol. The first-order valence-corrected chi connectivity index (χ1v) is 5.43. The lowest BCUT2D eigenvalue weighted by atomic mass is 10.2. The number of amides is 2. The van der Waals surface area contributed by atoms with Crippen molar-refractivity contribution in [3.8, 4) is 0 Å². The Morgan fingerprint density at radius 3 is 2.82 bits per heavy atom. The summed E-state index contributed by atoms with van der Waals surface area (Å²) in [4.78, 5) is 22.2. The quantitative estimate of drug-likeness (QED) is 0.699. The molecule has 3 N–H and O–H groups in total. The van der Waals surface area contributed by atoms with E-state index >= 15 is 0 Å². The fourth-order valence-corrected chi connectivity index (χ4v) is 1.34. The lowest BCUT2D eigenvalue weighted by molar-refractivity contribution is -0.139. The molecule has 6 heteroatoms. The van der Waals surface area contributed by atoms with Crippen molar-refractivity contribution in [3.63, 3.8) is 0 Å². The molecule has 2 amide bonds. The summed E-state index contributed by atoms with van der Waals surface area (Å²) < 4.78 is 5.03. The first-order valence-electron chi connectivity index (χ1n) is 5.43. The molecule has 1 rings (SSSR count). The number of carbonyl (C=O) groups is 2. The highest BCUT2D eigenvalue weighted by Gasteiger charge is 2.18. The van der Waals surface area contributed by atoms with E-state index in [0.717, 1.165) is 0 Å². The van der Waals surface area contributed by atoms with E-state index in [0.29, 0.717) is 18.6 Å². The molecule has 6 nitrogen and oxygen atoms in total. The Morgan fingerprint density at radius 1 is 1.53 bits per heavy atom. The molecule has 0 unspecified atom stereocenters. The number of nitrogens with one attached hydrogen (secondary N) is 2. The molecule has 1 aromatic rings. The lowest BCUT2D eigenvalue weighted by Gasteiger charge is -2.13. The van der Waals surface area contributed by atoms with Crippen molar-refractivity contribution in [2.24, 2.45) is 0 Å². The third kappa shape index (κ3) is 4.58. The first kappa shape index (κ1) is 13.1. The van der Waals surface area contributed by atoms with Gasteiger partial charge in [0.2, 0.25) is 0 Å². The van der Waals surface area contributed by atoms with Crippen molar-refractivity contribution in [2.45, 2.75) is 32.4 Å². The fraction of sp³-hybridized carbons (Fsp3) is 0.455. The van der Waals surface area contributed by atoms with Crippen LogP contribution in [0, 0.1) is 0 Å². The van der Waals surface area contributed by atoms with Crippen LogP contribution in [0.1, 0.15) is 25.5 Å². The summed E-state index contributed by atoms with van der Waals surface area (Å²) in [5, 5.41) is 13.8. The second-order valence-corrected chi connectivity index (χ2v) is 3.59. The first-order chi connectivity index (χ1) is 8.13. The SMILES string of the molecule is CCC[C@@H](NC(=O)NCc1ccco1)C(=O)O. The van der Waals surface area contributed by atoms with Crippen molar-refractivity contribution in [3.05, 3.63) is 24.2 Å². The van der Waals surface area contributed by atoms with Gasteiger partial charge in [-0.25, -0.2) is 9.59 Å². The standard InChI is InChI=1S/C11H16N2O4/c1-2-4-9(10(14)15)13-11(16)12-7-8-5-3-6-17-8/h3,5-6,9H,2,4,7H2,1H3,(H,14,15)(H2,12,13,16)/t9-/m1/s1. The molecule has 94 valence electrons. The van der Waals surface area contributed by atoms with Crippen LogP contribution in [-0.4, -0.2) is 23.1 Å². The molecule has 0 aromatic carbocycles. The molecule has 0 aliphatic rings. The molecule has 0 fully saturated rings. The van der Waals surface area contributed by atoms with Gasteiger partial charge in [-0.05, 0) is 18.6 Å². The summed E-state index contributed by atoms with van der Waals surface area (Å²) in [7, 11) is 0. The van der Waals surface area contributed by atoms with E-state index in [1.807, 2.05) is 6.92 Å². The number of urea groups is 1. The fourth-order valence-electron chi connectivity index (χ4n) is 1.34. The van der Waals surface area contributed by atoms with Gasteiger partial charge in [0, 0.05) is 0 Å². The summed E-state index contributed by atoms with van der Waals surface area (Å²) in [5.74, 6) is -0.414. The van der Waals surface area contributed by atoms with Gasteiger partial charge >= 0.3 is 12.0 Å². The second-order valence-electron chi connectivity index (χ2n) is 3.59. The highest BCUT2D eigenvalue weighted by Crippen LogP contribution is 1.99. The van der Waals surface area contributed by atoms with E-state index in [4.69, 9.17) is 9.52 Å². The van der Waals surface area contributed by atoms with E-state index in [9.17, 15) is 9.59 Å². The normalized spacial score (nSPS) is 11.8. The molecule has 0 radical (unpaired) electrons. The van der Waals surface area contributed by atoms with Gasteiger partial charge in [0.25, 0.3) is 0 Å². The Labute approximate surface area is 99.0 Å². The summed E-state index contributed by atoms with van der Waals surface area (Å²) in [5.41, 5.74) is 0. The molecule has 1 heterocycles. The summed E-state index contributed by atoms with van der Waals surface area (Å²) >= 11 is 0. The number of hydrogen-bond acceptors (Lipinski definition) is 3. The number of carbonyl (C=O) groups excluding carboxylic acids is 1. The zero-order valence-electron chi connectivity index (χ0n) is 9.60. The maximum atomic E-state index is 11.4. The molecule has 0 saturated carbocycles. The Hall–Kier alpha value is -1.98. The smallest absolute Gasteiger partial charge is 0.326 e. The molecule has 0 aliphatic heterocycles. The van der Waals surface area contributed by atoms with Gasteiger partial charge in [0.1, 0.15) is 11.8 Å². The van der Waals surface area contributed by atoms with Gasteiger partial charge in [0.05, 0.1) is 12.8 Å². The van der Waals surface area contributed by atoms with Crippen molar-refractivity contribution < 1.29 is 19.1 Å². The lowest BCUT2D eigenvalue weighted by Crippen LogP contribution is -2.45. The van der Waals surface area contributed by atoms with Crippen LogP contribution in [-0.2, 0) is 11.3 Å². The monoisotopic (exact) mass is 240 g/mol. The summed E-state index contributed by atoms with van der Waals surface area (Å²) in [6.45, 7) is 2.09. The van der Waals surface area contributed by atoms with E-state index in [-0.39, 0.29) is 6.54 Å². The average Bonchev–Trinajstić information content (AvgIpc) is 2.78. The topological polar surface area (TPSA) is 91.6 Å². The Morgan fingerprint density at radius 2 is 2.29 bits per heavy atom. The number of carboxylic acid groups (broad SMARTS) is 1. The van der Waals surface area contributed by atoms with Crippen LogP contribution in [0.2, 0.25) is 0 Å². The van der Waals surface area contributed by atoms with Crippen molar-refractivity contribution in [2.75, 3.05) is 0 Å². The molecular formula is C11H16N2O4. The van der Waals surface area contributed by atoms with E-state index in [2.05, 4.69) is 10.6 Å². The average molecular weight is 240 g/mol. The Balaban J connectivity index is 2.34. The zero-order chi connectivity index (χ0) is 12.7. The van der Waals surface area contributed by atoms with Crippen LogP contribution in [0.15, 0.2) is 22.8 Å². The van der Waals surface area contributed by atoms with Crippen molar-refractivity contribution >= 4 is 12.0 Å². The number of furan rings is 1. The van der Waals surface area contributed by atoms with Crippen molar-refractivity contribution in [1.82, 2.24) is 10.6 Å². The maximum absolute atomic E-state index is 11.4.